The van der Waals surface area contributed by atoms with Crippen LogP contribution in [0.3, 0.4) is 0 Å². The van der Waals surface area contributed by atoms with Crippen LogP contribution in [0.5, 0.6) is 0 Å². The summed E-state index contributed by atoms with van der Waals surface area (Å²) in [6, 6.07) is 25.8. The Balaban J connectivity index is 0.000000173. The Morgan fingerprint density at radius 3 is 1.43 bits per heavy atom. The zero-order chi connectivity index (χ0) is 57.1. The Bertz CT molecular complexity index is 4110. The number of anilines is 7. The molecule has 8 aromatic heterocycles. The topological polar surface area (TPSA) is 212 Å². The van der Waals surface area contributed by atoms with Crippen LogP contribution in [0.1, 0.15) is 16.8 Å². The normalized spacial score (nSPS) is 13.7. The minimum atomic E-state index is -3.26. The lowest BCUT2D eigenvalue weighted by Crippen LogP contribution is -2.36. The van der Waals surface area contributed by atoms with Gasteiger partial charge in [-0.1, -0.05) is 18.2 Å². The average molecular weight is 1130 g/mol. The van der Waals surface area contributed by atoms with E-state index in [9.17, 15) is 17.2 Å². The quantitative estimate of drug-likeness (QED) is 0.0971. The second kappa shape index (κ2) is 23.5. The number of pyridine rings is 8. The van der Waals surface area contributed by atoms with E-state index in [4.69, 9.17) is 25.2 Å². The summed E-state index contributed by atoms with van der Waals surface area (Å²) in [6.45, 7) is 8.70. The van der Waals surface area contributed by atoms with Crippen molar-refractivity contribution in [3.63, 3.8) is 0 Å². The van der Waals surface area contributed by atoms with Crippen LogP contribution >= 0.6 is 0 Å². The molecule has 2 saturated heterocycles. The first-order valence-corrected chi connectivity index (χ1v) is 28.2. The van der Waals surface area contributed by atoms with E-state index in [0.29, 0.717) is 138 Å². The number of benzene rings is 2. The van der Waals surface area contributed by atoms with Crippen molar-refractivity contribution in [2.24, 2.45) is 0 Å². The summed E-state index contributed by atoms with van der Waals surface area (Å²) in [5, 5.41) is 7.21. The van der Waals surface area contributed by atoms with E-state index < -0.39 is 33.1 Å². The van der Waals surface area contributed by atoms with Crippen LogP contribution in [0.2, 0.25) is 0 Å². The van der Waals surface area contributed by atoms with Gasteiger partial charge in [-0.05, 0) is 56.3 Å². The summed E-state index contributed by atoms with van der Waals surface area (Å²) < 4.78 is 94.1. The molecule has 22 heteroatoms. The van der Waals surface area contributed by atoms with Crippen LogP contribution in [0, 0.1) is 37.1 Å². The molecule has 416 valence electrons. The van der Waals surface area contributed by atoms with Crippen molar-refractivity contribution in [3.05, 3.63) is 174 Å². The van der Waals surface area contributed by atoms with Crippen LogP contribution in [-0.2, 0) is 25.1 Å². The van der Waals surface area contributed by atoms with Gasteiger partial charge in [0.1, 0.15) is 40.7 Å². The maximum atomic E-state index is 15.5. The molecule has 2 fully saturated rings. The first-order valence-electron chi connectivity index (χ1n) is 26.1. The molecule has 10 aromatic rings. The first-order chi connectivity index (χ1) is 39.6. The third kappa shape index (κ3) is 11.9. The number of morpholine rings is 2. The van der Waals surface area contributed by atoms with E-state index in [1.807, 2.05) is 50.2 Å². The molecule has 0 amide bonds. The Kier molecular flexibility index (Phi) is 15.6. The molecule has 4 N–H and O–H groups in total. The Morgan fingerprint density at radius 1 is 0.561 bits per heavy atom. The SMILES string of the molecule is Cc1c(-c2ccccn2)nc2cc(F)cc(F)c2c1Nc1cc(N2CCOCC2)ncc1-c1ccc(CS(C)(=O)=O)nc1.Cc1c(-c2ccccn2)nc2cc(F)cc(F)c2c1Nc1cc(N2CCOCC2)ncc1-c1ccc(N)nc1. The van der Waals surface area contributed by atoms with E-state index in [1.165, 1.54) is 12.1 Å². The molecule has 0 atom stereocenters. The summed E-state index contributed by atoms with van der Waals surface area (Å²) in [5.74, 6) is -1.25. The molecular formula is C60H53F4N13O4S. The molecule has 17 nitrogen and oxygen atoms in total. The number of aromatic nitrogens is 8. The number of nitrogen functional groups attached to an aromatic ring is 1. The fourth-order valence-electron chi connectivity index (χ4n) is 9.89. The van der Waals surface area contributed by atoms with Gasteiger partial charge in [0.2, 0.25) is 0 Å². The highest BCUT2D eigenvalue weighted by Crippen LogP contribution is 2.42. The van der Waals surface area contributed by atoms with Crippen molar-refractivity contribution in [3.8, 4) is 45.0 Å². The van der Waals surface area contributed by atoms with Gasteiger partial charge in [-0.15, -0.1) is 0 Å². The number of nitrogens with one attached hydrogen (secondary N) is 2. The molecule has 0 radical (unpaired) electrons. The van der Waals surface area contributed by atoms with Crippen molar-refractivity contribution < 1.29 is 35.5 Å². The van der Waals surface area contributed by atoms with Gasteiger partial charge in [-0.2, -0.15) is 0 Å². The molecule has 0 saturated carbocycles. The zero-order valence-electron chi connectivity index (χ0n) is 44.7. The Morgan fingerprint density at radius 2 is 1.02 bits per heavy atom. The molecule has 12 rings (SSSR count). The summed E-state index contributed by atoms with van der Waals surface area (Å²) in [6.07, 6.45) is 11.2. The number of rotatable bonds is 12. The van der Waals surface area contributed by atoms with Gasteiger partial charge in [-0.3, -0.25) is 15.0 Å². The monoisotopic (exact) mass is 1130 g/mol. The van der Waals surface area contributed by atoms with Gasteiger partial charge in [-0.25, -0.2) is 50.9 Å². The molecule has 0 unspecified atom stereocenters. The van der Waals surface area contributed by atoms with E-state index in [1.54, 1.807) is 73.6 Å². The summed E-state index contributed by atoms with van der Waals surface area (Å²) >= 11 is 0. The zero-order valence-corrected chi connectivity index (χ0v) is 45.5. The molecule has 82 heavy (non-hydrogen) atoms. The second-order valence-electron chi connectivity index (χ2n) is 19.6. The second-order valence-corrected chi connectivity index (χ2v) is 21.8. The van der Waals surface area contributed by atoms with Gasteiger partial charge < -0.3 is 35.6 Å². The number of nitrogens with two attached hydrogens (primary N) is 1. The van der Waals surface area contributed by atoms with Gasteiger partial charge >= 0.3 is 0 Å². The lowest BCUT2D eigenvalue weighted by atomic mass is 10.0. The van der Waals surface area contributed by atoms with Gasteiger partial charge in [0, 0.05) is 139 Å². The number of hydrogen-bond acceptors (Lipinski definition) is 17. The largest absolute Gasteiger partial charge is 0.384 e. The highest BCUT2D eigenvalue weighted by atomic mass is 32.2. The minimum Gasteiger partial charge on any atom is -0.384 e. The Labute approximate surface area is 469 Å². The summed E-state index contributed by atoms with van der Waals surface area (Å²) in [4.78, 5) is 40.3. The van der Waals surface area contributed by atoms with Crippen LogP contribution in [0.15, 0.2) is 134 Å². The number of fused-ring (bicyclic) bond motifs is 2. The molecule has 2 aromatic carbocycles. The van der Waals surface area contributed by atoms with Crippen LogP contribution in [-0.4, -0.2) is 107 Å². The lowest BCUT2D eigenvalue weighted by molar-refractivity contribution is 0.122. The molecule has 0 bridgehead atoms. The standard InChI is InChI=1S/C31H28F2N6O3S.C29H25F2N7O/c1-19-30(25-5-3-4-8-34-25)38-27-14-21(32)13-24(33)29(27)31(19)37-26-15-28(39-9-11-42-12-10-39)36-17-23(26)20-6-7-22(35-16-20)18-43(2,40)41;1-17-28(22-4-2-3-7-33-22)37-24-13-19(30)12-21(31)27(24)29(17)36-23-14-26(38-8-10-39-11-9-38)35-16-20(23)18-5-6-25(32)34-15-18/h3-8,13-17H,9-12,18H2,1-2H3,(H,36,37,38);2-7,12-16H,8-11H2,1H3,(H2,32,34)(H,35,36,37). The molecule has 2 aliphatic heterocycles. The van der Waals surface area contributed by atoms with Crippen LogP contribution in [0.4, 0.5) is 57.8 Å². The third-order valence-electron chi connectivity index (χ3n) is 13.9. The number of halogens is 4. The minimum absolute atomic E-state index is 0.135. The molecule has 2 aliphatic rings. The highest BCUT2D eigenvalue weighted by Gasteiger charge is 2.24. The van der Waals surface area contributed by atoms with E-state index in [-0.39, 0.29) is 27.6 Å². The highest BCUT2D eigenvalue weighted by molar-refractivity contribution is 7.89. The summed E-state index contributed by atoms with van der Waals surface area (Å²) in [7, 11) is -3.26. The van der Waals surface area contributed by atoms with Crippen molar-refractivity contribution in [2.75, 3.05) is 85.0 Å². The van der Waals surface area contributed by atoms with Crippen LogP contribution in [0.25, 0.3) is 66.8 Å². The molecule has 10 heterocycles. The van der Waals surface area contributed by atoms with Crippen molar-refractivity contribution in [1.82, 2.24) is 39.9 Å². The molecule has 0 spiro atoms. The number of nitrogens with zero attached hydrogens (tertiary/aromatic N) is 10. The number of ether oxygens (including phenoxy) is 2. The number of hydrogen-bond donors (Lipinski definition) is 3. The van der Waals surface area contributed by atoms with Gasteiger partial charge in [0.05, 0.1) is 105 Å². The average Bonchev–Trinajstić information content (AvgIpc) is 3.29. The fraction of sp³-hybridized carbons (Fsp3) is 0.200. The van der Waals surface area contributed by atoms with Gasteiger partial charge in [0.25, 0.3) is 0 Å². The van der Waals surface area contributed by atoms with E-state index >= 15 is 8.78 Å². The fourth-order valence-corrected chi connectivity index (χ4v) is 10.6. The predicted molar refractivity (Wildman–Crippen MR) is 310 cm³/mol. The van der Waals surface area contributed by atoms with Crippen molar-refractivity contribution in [1.29, 1.82) is 0 Å². The maximum Gasteiger partial charge on any atom is 0.153 e. The summed E-state index contributed by atoms with van der Waals surface area (Å²) in [5.41, 5.74) is 15.0. The van der Waals surface area contributed by atoms with Crippen molar-refractivity contribution in [2.45, 2.75) is 19.6 Å². The van der Waals surface area contributed by atoms with Gasteiger partial charge in [0.15, 0.2) is 9.84 Å². The van der Waals surface area contributed by atoms with Crippen molar-refractivity contribution >= 4 is 71.8 Å². The molecular weight excluding hydrogens is 1070 g/mol. The third-order valence-corrected chi connectivity index (χ3v) is 14.7. The Hall–Kier alpha value is -9.25. The molecule has 0 aliphatic carbocycles. The van der Waals surface area contributed by atoms with E-state index in [2.05, 4.69) is 50.3 Å². The first kappa shape index (κ1) is 54.7. The number of sulfone groups is 1. The van der Waals surface area contributed by atoms with Crippen LogP contribution < -0.4 is 26.2 Å². The lowest BCUT2D eigenvalue weighted by Gasteiger charge is -2.28. The maximum absolute atomic E-state index is 15.5. The smallest absolute Gasteiger partial charge is 0.153 e. The van der Waals surface area contributed by atoms with E-state index in [0.717, 1.165) is 35.3 Å². The predicted octanol–water partition coefficient (Wildman–Crippen LogP) is 11.0.